The van der Waals surface area contributed by atoms with Crippen LogP contribution in [0.25, 0.3) is 0 Å². The van der Waals surface area contributed by atoms with Gasteiger partial charge in [0, 0.05) is 0 Å². The molecular formula is C84H138CaO14S2. The average molecular weight is 1480 g/mol. The van der Waals surface area contributed by atoms with E-state index in [1.54, 1.807) is 0 Å². The molecule has 0 N–H and O–H groups in total. The number of hydrogen-bond acceptors (Lipinski definition) is 14. The van der Waals surface area contributed by atoms with E-state index in [-0.39, 0.29) is 75.3 Å². The predicted octanol–water partition coefficient (Wildman–Crippen LogP) is 24.0. The molecule has 0 atom stereocenters. The molecule has 0 saturated carbocycles. The summed E-state index contributed by atoms with van der Waals surface area (Å²) in [5, 5.41) is 0. The molecule has 101 heavy (non-hydrogen) atoms. The van der Waals surface area contributed by atoms with Crippen molar-refractivity contribution in [2.75, 3.05) is 26.4 Å². The second-order valence-electron chi connectivity index (χ2n) is 27.1. The Morgan fingerprint density at radius 1 is 0.277 bits per heavy atom. The van der Waals surface area contributed by atoms with E-state index in [1.807, 2.05) is 24.3 Å². The third-order valence-corrected chi connectivity index (χ3v) is 19.8. The molecule has 0 saturated heterocycles. The molecule has 0 radical (unpaired) electrons. The molecular weight excluding hydrogens is 1340 g/mol. The summed E-state index contributed by atoms with van der Waals surface area (Å²) in [5.74, 6) is -3.80. The van der Waals surface area contributed by atoms with Gasteiger partial charge < -0.3 is 28.1 Å². The first-order chi connectivity index (χ1) is 48.6. The molecule has 0 aromatic heterocycles. The van der Waals surface area contributed by atoms with Gasteiger partial charge in [-0.25, -0.2) is 36.0 Å². The molecule has 2 aromatic rings. The number of hydrogen-bond donors (Lipinski definition) is 0. The van der Waals surface area contributed by atoms with Crippen LogP contribution in [0.5, 0.6) is 0 Å². The van der Waals surface area contributed by atoms with Crippen molar-refractivity contribution < 1.29 is 64.1 Å². The van der Waals surface area contributed by atoms with Crippen molar-refractivity contribution in [2.45, 2.75) is 371 Å². The van der Waals surface area contributed by atoms with Crippen molar-refractivity contribution in [1.82, 2.24) is 0 Å². The normalized spacial score (nSPS) is 11.8. The largest absolute Gasteiger partial charge is 2.00 e. The topological polar surface area (TPSA) is 220 Å². The van der Waals surface area contributed by atoms with Gasteiger partial charge in [0.2, 0.25) is 0 Å². The first-order valence-corrected chi connectivity index (χ1v) is 42.9. The Balaban J connectivity index is 0.00000196. The van der Waals surface area contributed by atoms with E-state index < -0.39 is 65.0 Å². The van der Waals surface area contributed by atoms with Crippen LogP contribution >= 0.6 is 0 Å². The van der Waals surface area contributed by atoms with E-state index in [4.69, 9.17) is 18.9 Å². The zero-order valence-electron chi connectivity index (χ0n) is 63.9. The molecule has 0 aliphatic carbocycles. The SMILES string of the molecule is CCCCCCCCCCCCC/C=C/CCOC(=O)c1cccc(S(=O)(=O)[O-])c1C(=O)OCC/C=C/CCCCCCCCCCCCC.CCCCCCCCCCCCC/C=C/CCOC(=O)c1cccc(S(=O)(=O)[O-])c1C(=O)OCC/C=C/CCCCCCCCCCCCC.[Ca+2]. The summed E-state index contributed by atoms with van der Waals surface area (Å²) in [6.07, 6.45) is 78.9. The van der Waals surface area contributed by atoms with Crippen molar-refractivity contribution in [3.05, 3.63) is 107 Å². The Morgan fingerprint density at radius 2 is 0.455 bits per heavy atom. The van der Waals surface area contributed by atoms with Gasteiger partial charge in [0.05, 0.1) is 58.5 Å². The minimum Gasteiger partial charge on any atom is -0.744 e. The summed E-state index contributed by atoms with van der Waals surface area (Å²) in [7, 11) is -10.1. The van der Waals surface area contributed by atoms with Crippen LogP contribution in [-0.4, -0.2) is 114 Å². The molecule has 17 heteroatoms. The molecule has 0 aliphatic rings. The molecule has 0 bridgehead atoms. The van der Waals surface area contributed by atoms with E-state index in [0.717, 1.165) is 63.5 Å². The summed E-state index contributed by atoms with van der Waals surface area (Å²) < 4.78 is 92.9. The maximum atomic E-state index is 12.9. The van der Waals surface area contributed by atoms with Gasteiger partial charge in [-0.2, -0.15) is 0 Å². The van der Waals surface area contributed by atoms with Crippen molar-refractivity contribution in [2.24, 2.45) is 0 Å². The minimum absolute atomic E-state index is 0. The third-order valence-electron chi connectivity index (χ3n) is 18.1. The number of benzene rings is 2. The van der Waals surface area contributed by atoms with E-state index in [9.17, 15) is 45.1 Å². The second-order valence-corrected chi connectivity index (χ2v) is 29.8. The number of ether oxygens (including phenoxy) is 4. The average Bonchev–Trinajstić information content (AvgIpc) is 0.800. The third kappa shape index (κ3) is 55.5. The van der Waals surface area contributed by atoms with Crippen molar-refractivity contribution in [1.29, 1.82) is 0 Å². The smallest absolute Gasteiger partial charge is 0.744 e. The Bertz CT molecular complexity index is 2540. The van der Waals surface area contributed by atoms with Crippen LogP contribution in [0.1, 0.15) is 403 Å². The fourth-order valence-electron chi connectivity index (χ4n) is 12.1. The van der Waals surface area contributed by atoms with Gasteiger partial charge in [0.1, 0.15) is 20.2 Å². The van der Waals surface area contributed by atoms with Crippen molar-refractivity contribution >= 4 is 81.9 Å². The maximum absolute atomic E-state index is 12.9. The van der Waals surface area contributed by atoms with Gasteiger partial charge >= 0.3 is 61.6 Å². The summed E-state index contributed by atoms with van der Waals surface area (Å²) in [5.41, 5.74) is -1.71. The molecule has 0 aliphatic heterocycles. The number of esters is 4. The molecule has 0 unspecified atom stereocenters. The van der Waals surface area contributed by atoms with E-state index >= 15 is 0 Å². The zero-order valence-corrected chi connectivity index (χ0v) is 67.8. The van der Waals surface area contributed by atoms with Crippen LogP contribution in [0, 0.1) is 0 Å². The van der Waals surface area contributed by atoms with Crippen LogP contribution in [-0.2, 0) is 39.2 Å². The van der Waals surface area contributed by atoms with Crippen molar-refractivity contribution in [3.8, 4) is 0 Å². The molecule has 0 amide bonds. The van der Waals surface area contributed by atoms with Gasteiger partial charge in [-0.1, -0.05) is 345 Å². The second kappa shape index (κ2) is 69.4. The summed E-state index contributed by atoms with van der Waals surface area (Å²) >= 11 is 0. The predicted molar refractivity (Wildman–Crippen MR) is 415 cm³/mol. The fraction of sp³-hybridized carbons (Fsp3) is 0.714. The fourth-order valence-corrected chi connectivity index (χ4v) is 13.4. The van der Waals surface area contributed by atoms with Crippen LogP contribution in [0.2, 0.25) is 0 Å². The van der Waals surface area contributed by atoms with Gasteiger partial charge in [-0.3, -0.25) is 0 Å². The molecule has 572 valence electrons. The van der Waals surface area contributed by atoms with Crippen LogP contribution in [0.3, 0.4) is 0 Å². The molecule has 14 nitrogen and oxygen atoms in total. The number of rotatable bonds is 66. The van der Waals surface area contributed by atoms with E-state index in [2.05, 4.69) is 52.0 Å². The van der Waals surface area contributed by atoms with Crippen LogP contribution in [0.4, 0.5) is 0 Å². The molecule has 2 aromatic carbocycles. The molecule has 2 rings (SSSR count). The monoisotopic (exact) mass is 1470 g/mol. The number of carbonyl (C=O) groups is 4. The summed E-state index contributed by atoms with van der Waals surface area (Å²) in [6, 6.07) is 7.10. The quantitative estimate of drug-likeness (QED) is 0.0150. The first-order valence-electron chi connectivity index (χ1n) is 40.1. The standard InChI is InChI=1S/2C42H70O7S.Ca/c2*1-3-5-7-9-11-13-15-17-19-21-23-25-27-29-31-36-48-41(43)38-34-33-35-39(50(45,46)47)40(38)42(44)49-37-32-30-28-26-24-22-20-18-16-14-12-10-8-6-4-2;/h2*27-30,33-35H,3-26,31-32,36-37H2,1-2H3,(H,45,46,47);/q;;+2/p-2/b2*29-27+,30-28+;. The first kappa shape index (κ1) is 97.4. The van der Waals surface area contributed by atoms with E-state index in [1.165, 1.54) is 281 Å². The van der Waals surface area contributed by atoms with Gasteiger partial charge in [0.15, 0.2) is 0 Å². The van der Waals surface area contributed by atoms with Gasteiger partial charge in [-0.05, 0) is 101 Å². The summed E-state index contributed by atoms with van der Waals surface area (Å²) in [4.78, 5) is 50.0. The Morgan fingerprint density at radius 3 is 0.653 bits per heavy atom. The maximum Gasteiger partial charge on any atom is 2.00 e. The van der Waals surface area contributed by atoms with Gasteiger partial charge in [0.25, 0.3) is 0 Å². The van der Waals surface area contributed by atoms with Crippen LogP contribution in [0.15, 0.2) is 94.8 Å². The number of allylic oxidation sites excluding steroid dienone is 4. The number of unbranched alkanes of at least 4 members (excludes halogenated alkanes) is 44. The molecule has 0 fully saturated rings. The zero-order chi connectivity index (χ0) is 73.1. The van der Waals surface area contributed by atoms with Crippen LogP contribution < -0.4 is 0 Å². The number of carbonyl (C=O) groups excluding carboxylic acids is 4. The molecule has 0 heterocycles. The minimum atomic E-state index is -5.03. The Labute approximate surface area is 645 Å². The molecule has 0 spiro atoms. The van der Waals surface area contributed by atoms with Crippen molar-refractivity contribution in [3.63, 3.8) is 0 Å². The van der Waals surface area contributed by atoms with Gasteiger partial charge in [-0.15, -0.1) is 0 Å². The van der Waals surface area contributed by atoms with E-state index in [0.29, 0.717) is 25.7 Å². The Hall–Kier alpha value is -3.64. The Kier molecular flexibility index (Phi) is 66.9. The summed E-state index contributed by atoms with van der Waals surface area (Å²) in [6.45, 7) is 9.12.